The van der Waals surface area contributed by atoms with Gasteiger partial charge in [0.2, 0.25) is 5.91 Å². The fraction of sp³-hybridized carbons (Fsp3) is 0.636. The number of nitrogens with one attached hydrogen (secondary N) is 1. The van der Waals surface area contributed by atoms with Crippen molar-refractivity contribution in [2.75, 3.05) is 19.6 Å². The van der Waals surface area contributed by atoms with Crippen molar-refractivity contribution in [3.63, 3.8) is 0 Å². The lowest BCUT2D eigenvalue weighted by Crippen LogP contribution is -2.53. The van der Waals surface area contributed by atoms with Crippen molar-refractivity contribution in [3.8, 4) is 0 Å². The van der Waals surface area contributed by atoms with Gasteiger partial charge >= 0.3 is 6.03 Å². The lowest BCUT2D eigenvalue weighted by atomic mass is 9.85. The fourth-order valence-electron chi connectivity index (χ4n) is 4.97. The summed E-state index contributed by atoms with van der Waals surface area (Å²) in [7, 11) is 0. The Hall–Kier alpha value is -2.08. The van der Waals surface area contributed by atoms with Crippen LogP contribution < -0.4 is 5.32 Å². The molecule has 3 aliphatic heterocycles. The van der Waals surface area contributed by atoms with Gasteiger partial charge in [0.05, 0.1) is 5.60 Å². The first kappa shape index (κ1) is 19.2. The van der Waals surface area contributed by atoms with E-state index in [4.69, 9.17) is 0 Å². The number of aryl methyl sites for hydroxylation is 1. The van der Waals surface area contributed by atoms with E-state index in [-0.39, 0.29) is 18.0 Å². The normalized spacial score (nSPS) is 26.9. The summed E-state index contributed by atoms with van der Waals surface area (Å²) < 4.78 is 0. The maximum Gasteiger partial charge on any atom is 0.318 e. The highest BCUT2D eigenvalue weighted by Gasteiger charge is 2.42. The van der Waals surface area contributed by atoms with Crippen molar-refractivity contribution in [2.24, 2.45) is 0 Å². The minimum absolute atomic E-state index is 0.0750. The van der Waals surface area contributed by atoms with E-state index in [2.05, 4.69) is 24.4 Å². The number of hydrogen-bond acceptors (Lipinski definition) is 3. The summed E-state index contributed by atoms with van der Waals surface area (Å²) in [4.78, 5) is 28.9. The van der Waals surface area contributed by atoms with E-state index < -0.39 is 5.60 Å². The number of piperidine rings is 2. The van der Waals surface area contributed by atoms with Gasteiger partial charge in [0.1, 0.15) is 6.04 Å². The standard InChI is InChI=1S/C22H31N3O3/c1-16-5-4-6-17(13-16)15-22(28)8-11-24(12-9-22)21(27)23-19-14-18-7-2-3-10-25(18)20(19)26/h4-6,13,18-19,28H,2-3,7-12,14-15H2,1H3,(H,23,27). The number of urea groups is 1. The van der Waals surface area contributed by atoms with Crippen LogP contribution >= 0.6 is 0 Å². The number of aliphatic hydroxyl groups is 1. The number of likely N-dealkylation sites (tertiary alicyclic amines) is 1. The first-order chi connectivity index (χ1) is 13.4. The molecule has 0 radical (unpaired) electrons. The second kappa shape index (κ2) is 7.74. The van der Waals surface area contributed by atoms with Crippen LogP contribution in [0.5, 0.6) is 0 Å². The molecule has 0 saturated carbocycles. The molecule has 2 atom stereocenters. The van der Waals surface area contributed by atoms with Gasteiger partial charge in [0, 0.05) is 32.1 Å². The van der Waals surface area contributed by atoms with Crippen molar-refractivity contribution in [2.45, 2.75) is 69.6 Å². The number of rotatable bonds is 3. The molecular formula is C22H31N3O3. The Morgan fingerprint density at radius 1 is 1.25 bits per heavy atom. The quantitative estimate of drug-likeness (QED) is 0.838. The van der Waals surface area contributed by atoms with Crippen LogP contribution in [0.4, 0.5) is 4.79 Å². The summed E-state index contributed by atoms with van der Waals surface area (Å²) >= 11 is 0. The van der Waals surface area contributed by atoms with Crippen LogP contribution in [-0.4, -0.2) is 64.2 Å². The average Bonchev–Trinajstić information content (AvgIpc) is 2.98. The molecule has 3 amide bonds. The number of carbonyl (C=O) groups is 2. The van der Waals surface area contributed by atoms with E-state index >= 15 is 0 Å². The van der Waals surface area contributed by atoms with E-state index in [9.17, 15) is 14.7 Å². The third-order valence-electron chi connectivity index (χ3n) is 6.61. The average molecular weight is 386 g/mol. The monoisotopic (exact) mass is 385 g/mol. The summed E-state index contributed by atoms with van der Waals surface area (Å²) in [6, 6.07) is 7.97. The summed E-state index contributed by atoms with van der Waals surface area (Å²) in [6.07, 6.45) is 5.74. The molecule has 28 heavy (non-hydrogen) atoms. The fourth-order valence-corrected chi connectivity index (χ4v) is 4.97. The second-order valence-corrected chi connectivity index (χ2v) is 8.80. The molecule has 0 aromatic heterocycles. The second-order valence-electron chi connectivity index (χ2n) is 8.80. The zero-order valence-corrected chi connectivity index (χ0v) is 16.7. The zero-order chi connectivity index (χ0) is 19.7. The molecule has 3 aliphatic rings. The Morgan fingerprint density at radius 3 is 2.75 bits per heavy atom. The first-order valence-electron chi connectivity index (χ1n) is 10.6. The minimum Gasteiger partial charge on any atom is -0.389 e. The van der Waals surface area contributed by atoms with Crippen LogP contribution in [0.3, 0.4) is 0 Å². The number of carbonyl (C=O) groups excluding carboxylic acids is 2. The molecule has 0 spiro atoms. The zero-order valence-electron chi connectivity index (χ0n) is 16.7. The highest BCUT2D eigenvalue weighted by atomic mass is 16.3. The summed E-state index contributed by atoms with van der Waals surface area (Å²) in [5, 5.41) is 13.9. The van der Waals surface area contributed by atoms with Gasteiger partial charge in [0.25, 0.3) is 0 Å². The molecule has 3 fully saturated rings. The van der Waals surface area contributed by atoms with E-state index in [1.807, 2.05) is 17.0 Å². The van der Waals surface area contributed by atoms with Crippen LogP contribution in [0.1, 0.15) is 49.7 Å². The van der Waals surface area contributed by atoms with Gasteiger partial charge in [-0.2, -0.15) is 0 Å². The van der Waals surface area contributed by atoms with Gasteiger partial charge in [0.15, 0.2) is 0 Å². The largest absolute Gasteiger partial charge is 0.389 e. The Balaban J connectivity index is 1.30. The van der Waals surface area contributed by atoms with Gasteiger partial charge in [-0.05, 0) is 51.0 Å². The molecule has 4 rings (SSSR count). The number of nitrogens with zero attached hydrogens (tertiary/aromatic N) is 2. The van der Waals surface area contributed by atoms with Crippen LogP contribution in [0, 0.1) is 6.92 Å². The molecule has 152 valence electrons. The third-order valence-corrected chi connectivity index (χ3v) is 6.61. The van der Waals surface area contributed by atoms with Crippen LogP contribution in [-0.2, 0) is 11.2 Å². The van der Waals surface area contributed by atoms with E-state index in [1.165, 1.54) is 12.0 Å². The Kier molecular flexibility index (Phi) is 5.32. The molecule has 3 heterocycles. The van der Waals surface area contributed by atoms with Gasteiger partial charge in [-0.1, -0.05) is 29.8 Å². The lowest BCUT2D eigenvalue weighted by molar-refractivity contribution is -0.131. The minimum atomic E-state index is -0.769. The Morgan fingerprint density at radius 2 is 2.04 bits per heavy atom. The molecular weight excluding hydrogens is 354 g/mol. The first-order valence-corrected chi connectivity index (χ1v) is 10.6. The molecule has 6 nitrogen and oxygen atoms in total. The van der Waals surface area contributed by atoms with Gasteiger partial charge in [-0.25, -0.2) is 4.79 Å². The van der Waals surface area contributed by atoms with Gasteiger partial charge in [-0.15, -0.1) is 0 Å². The van der Waals surface area contributed by atoms with Crippen molar-refractivity contribution in [1.82, 2.24) is 15.1 Å². The number of benzene rings is 1. The SMILES string of the molecule is Cc1cccc(CC2(O)CCN(C(=O)NC3CC4CCCCN4C3=O)CC2)c1. The van der Waals surface area contributed by atoms with Crippen molar-refractivity contribution < 1.29 is 14.7 Å². The summed E-state index contributed by atoms with van der Waals surface area (Å²) in [6.45, 7) is 3.91. The predicted molar refractivity (Wildman–Crippen MR) is 107 cm³/mol. The lowest BCUT2D eigenvalue weighted by Gasteiger charge is -2.38. The Bertz CT molecular complexity index is 742. The molecule has 2 unspecified atom stereocenters. The molecule has 3 saturated heterocycles. The highest BCUT2D eigenvalue weighted by molar-refractivity contribution is 5.89. The predicted octanol–water partition coefficient (Wildman–Crippen LogP) is 2.23. The van der Waals surface area contributed by atoms with Crippen molar-refractivity contribution in [1.29, 1.82) is 0 Å². The van der Waals surface area contributed by atoms with E-state index in [1.54, 1.807) is 4.90 Å². The van der Waals surface area contributed by atoms with Crippen LogP contribution in [0.25, 0.3) is 0 Å². The van der Waals surface area contributed by atoms with Crippen molar-refractivity contribution >= 4 is 11.9 Å². The van der Waals surface area contributed by atoms with Crippen LogP contribution in [0.2, 0.25) is 0 Å². The smallest absolute Gasteiger partial charge is 0.318 e. The number of hydrogen-bond donors (Lipinski definition) is 2. The molecule has 0 aliphatic carbocycles. The topological polar surface area (TPSA) is 72.9 Å². The van der Waals surface area contributed by atoms with E-state index in [0.29, 0.717) is 38.4 Å². The number of fused-ring (bicyclic) bond motifs is 1. The molecule has 6 heteroatoms. The van der Waals surface area contributed by atoms with Crippen LogP contribution in [0.15, 0.2) is 24.3 Å². The molecule has 1 aromatic rings. The summed E-state index contributed by atoms with van der Waals surface area (Å²) in [5.74, 6) is 0.0750. The van der Waals surface area contributed by atoms with E-state index in [0.717, 1.165) is 31.4 Å². The maximum absolute atomic E-state index is 12.7. The third kappa shape index (κ3) is 4.02. The molecule has 1 aromatic carbocycles. The summed E-state index contributed by atoms with van der Waals surface area (Å²) in [5.41, 5.74) is 1.55. The number of amides is 3. The highest BCUT2D eigenvalue weighted by Crippen LogP contribution is 2.29. The van der Waals surface area contributed by atoms with Gasteiger partial charge < -0.3 is 20.2 Å². The molecule has 2 N–H and O–H groups in total. The Labute approximate surface area is 166 Å². The maximum atomic E-state index is 12.7. The van der Waals surface area contributed by atoms with Gasteiger partial charge in [-0.3, -0.25) is 4.79 Å². The van der Waals surface area contributed by atoms with Crippen molar-refractivity contribution in [3.05, 3.63) is 35.4 Å². The molecule has 0 bridgehead atoms.